The number of rotatable bonds is 3. The van der Waals surface area contributed by atoms with E-state index in [0.717, 1.165) is 22.9 Å². The minimum atomic E-state index is 0.523. The van der Waals surface area contributed by atoms with Gasteiger partial charge in [-0.15, -0.1) is 0 Å². The Balaban J connectivity index is 2.04. The van der Waals surface area contributed by atoms with Gasteiger partial charge in [0.15, 0.2) is 17.0 Å². The molecule has 3 rings (SSSR count). The van der Waals surface area contributed by atoms with E-state index in [4.69, 9.17) is 0 Å². The molecule has 1 saturated carbocycles. The predicted molar refractivity (Wildman–Crippen MR) is 76.5 cm³/mol. The minimum absolute atomic E-state index is 0.523. The van der Waals surface area contributed by atoms with Crippen molar-refractivity contribution in [3.05, 3.63) is 6.33 Å². The summed E-state index contributed by atoms with van der Waals surface area (Å²) in [4.78, 5) is 15.5. The maximum absolute atomic E-state index is 4.61. The van der Waals surface area contributed by atoms with Crippen molar-refractivity contribution < 1.29 is 0 Å². The van der Waals surface area contributed by atoms with Crippen LogP contribution in [0.15, 0.2) is 6.33 Å². The van der Waals surface area contributed by atoms with Crippen LogP contribution in [0.4, 0.5) is 11.8 Å². The first-order chi connectivity index (χ1) is 9.15. The number of fused-ring (bicyclic) bond motifs is 1. The van der Waals surface area contributed by atoms with Crippen LogP contribution < -0.4 is 10.2 Å². The van der Waals surface area contributed by atoms with Crippen LogP contribution in [0.2, 0.25) is 0 Å². The monoisotopic (exact) mass is 260 g/mol. The Kier molecular flexibility index (Phi) is 3.00. The van der Waals surface area contributed by atoms with Crippen LogP contribution >= 0.6 is 0 Å². The fraction of sp³-hybridized carbons (Fsp3) is 0.615. The molecule has 0 spiro atoms. The molecule has 0 aromatic carbocycles. The first-order valence-corrected chi connectivity index (χ1v) is 6.78. The van der Waals surface area contributed by atoms with E-state index in [2.05, 4.69) is 20.3 Å². The number of anilines is 2. The molecule has 6 heteroatoms. The van der Waals surface area contributed by atoms with Gasteiger partial charge >= 0.3 is 0 Å². The first-order valence-electron chi connectivity index (χ1n) is 6.78. The molecule has 0 radical (unpaired) electrons. The van der Waals surface area contributed by atoms with Gasteiger partial charge in [0, 0.05) is 27.2 Å². The summed E-state index contributed by atoms with van der Waals surface area (Å²) in [6.45, 7) is 0. The standard InChI is InChI=1S/C13H20N6/c1-18(2)13-16-11(15-9-6-4-5-7-9)10-12(17-13)19(3)8-14-10/h8-9H,4-7H2,1-3H3,(H,15,16,17). The van der Waals surface area contributed by atoms with Gasteiger partial charge < -0.3 is 14.8 Å². The summed E-state index contributed by atoms with van der Waals surface area (Å²) >= 11 is 0. The minimum Gasteiger partial charge on any atom is -0.365 e. The Bertz CT molecular complexity index is 582. The topological polar surface area (TPSA) is 58.9 Å². The number of hydrogen-bond acceptors (Lipinski definition) is 5. The van der Waals surface area contributed by atoms with Crippen molar-refractivity contribution in [1.29, 1.82) is 0 Å². The van der Waals surface area contributed by atoms with Gasteiger partial charge in [0.1, 0.15) is 0 Å². The van der Waals surface area contributed by atoms with E-state index in [1.807, 2.05) is 30.6 Å². The van der Waals surface area contributed by atoms with E-state index in [9.17, 15) is 0 Å². The lowest BCUT2D eigenvalue weighted by Crippen LogP contribution is -2.19. The molecule has 2 heterocycles. The fourth-order valence-electron chi connectivity index (χ4n) is 2.56. The molecule has 1 N–H and O–H groups in total. The van der Waals surface area contributed by atoms with Crippen molar-refractivity contribution in [2.75, 3.05) is 24.3 Å². The molecule has 0 amide bonds. The van der Waals surface area contributed by atoms with Gasteiger partial charge in [0.05, 0.1) is 6.33 Å². The van der Waals surface area contributed by atoms with Crippen LogP contribution in [-0.2, 0) is 7.05 Å². The summed E-state index contributed by atoms with van der Waals surface area (Å²) in [7, 11) is 5.87. The van der Waals surface area contributed by atoms with E-state index in [1.165, 1.54) is 25.7 Å². The van der Waals surface area contributed by atoms with Crippen molar-refractivity contribution in [3.63, 3.8) is 0 Å². The van der Waals surface area contributed by atoms with E-state index < -0.39 is 0 Å². The molecule has 102 valence electrons. The van der Waals surface area contributed by atoms with E-state index >= 15 is 0 Å². The summed E-state index contributed by atoms with van der Waals surface area (Å²) in [5.41, 5.74) is 1.74. The molecule has 1 aliphatic rings. The van der Waals surface area contributed by atoms with Gasteiger partial charge in [-0.3, -0.25) is 0 Å². The molecule has 1 fully saturated rings. The summed E-state index contributed by atoms with van der Waals surface area (Å²) in [5, 5.41) is 3.54. The lowest BCUT2D eigenvalue weighted by atomic mass is 10.2. The maximum Gasteiger partial charge on any atom is 0.228 e. The normalized spacial score (nSPS) is 16.2. The van der Waals surface area contributed by atoms with Crippen molar-refractivity contribution in [2.45, 2.75) is 31.7 Å². The number of aromatic nitrogens is 4. The predicted octanol–water partition coefficient (Wildman–Crippen LogP) is 1.78. The second kappa shape index (κ2) is 4.68. The highest BCUT2D eigenvalue weighted by molar-refractivity contribution is 5.84. The van der Waals surface area contributed by atoms with Gasteiger partial charge in [-0.25, -0.2) is 4.98 Å². The summed E-state index contributed by atoms with van der Waals surface area (Å²) in [6, 6.07) is 0.523. The molecular formula is C13H20N6. The molecule has 0 bridgehead atoms. The quantitative estimate of drug-likeness (QED) is 0.911. The molecule has 2 aromatic rings. The van der Waals surface area contributed by atoms with Crippen LogP contribution in [0.3, 0.4) is 0 Å². The SMILES string of the molecule is CN(C)c1nc(NC2CCCC2)c2ncn(C)c2n1. The zero-order chi connectivity index (χ0) is 13.4. The first kappa shape index (κ1) is 12.2. The number of nitrogens with one attached hydrogen (secondary N) is 1. The molecule has 0 aliphatic heterocycles. The highest BCUT2D eigenvalue weighted by Crippen LogP contribution is 2.26. The molecule has 0 saturated heterocycles. The number of hydrogen-bond donors (Lipinski definition) is 1. The van der Waals surface area contributed by atoms with E-state index in [1.54, 1.807) is 6.33 Å². The van der Waals surface area contributed by atoms with Crippen LogP contribution in [0.1, 0.15) is 25.7 Å². The highest BCUT2D eigenvalue weighted by atomic mass is 15.3. The Morgan fingerprint density at radius 3 is 2.68 bits per heavy atom. The fourth-order valence-corrected chi connectivity index (χ4v) is 2.56. The smallest absolute Gasteiger partial charge is 0.228 e. The van der Waals surface area contributed by atoms with Gasteiger partial charge in [-0.1, -0.05) is 12.8 Å². The van der Waals surface area contributed by atoms with Crippen LogP contribution in [-0.4, -0.2) is 39.7 Å². The number of nitrogens with zero attached hydrogens (tertiary/aromatic N) is 5. The molecule has 1 aliphatic carbocycles. The summed E-state index contributed by atoms with van der Waals surface area (Å²) in [5.74, 6) is 1.58. The summed E-state index contributed by atoms with van der Waals surface area (Å²) < 4.78 is 1.93. The Hall–Kier alpha value is -1.85. The van der Waals surface area contributed by atoms with Gasteiger partial charge in [0.2, 0.25) is 5.95 Å². The highest BCUT2D eigenvalue weighted by Gasteiger charge is 2.19. The lowest BCUT2D eigenvalue weighted by molar-refractivity contribution is 0.750. The third-order valence-electron chi connectivity index (χ3n) is 3.64. The third-order valence-corrected chi connectivity index (χ3v) is 3.64. The van der Waals surface area contributed by atoms with Crippen LogP contribution in [0.5, 0.6) is 0 Å². The lowest BCUT2D eigenvalue weighted by Gasteiger charge is -2.16. The third kappa shape index (κ3) is 2.22. The van der Waals surface area contributed by atoms with Crippen LogP contribution in [0, 0.1) is 0 Å². The van der Waals surface area contributed by atoms with Gasteiger partial charge in [-0.2, -0.15) is 9.97 Å². The zero-order valence-electron chi connectivity index (χ0n) is 11.7. The van der Waals surface area contributed by atoms with E-state index in [-0.39, 0.29) is 0 Å². The molecule has 2 aromatic heterocycles. The average molecular weight is 260 g/mol. The Morgan fingerprint density at radius 1 is 1.26 bits per heavy atom. The zero-order valence-corrected chi connectivity index (χ0v) is 11.7. The van der Waals surface area contributed by atoms with Gasteiger partial charge in [0.25, 0.3) is 0 Å². The molecular weight excluding hydrogens is 240 g/mol. The van der Waals surface area contributed by atoms with Crippen molar-refractivity contribution in [3.8, 4) is 0 Å². The maximum atomic E-state index is 4.61. The van der Waals surface area contributed by atoms with E-state index in [0.29, 0.717) is 6.04 Å². The second-order valence-electron chi connectivity index (χ2n) is 5.42. The average Bonchev–Trinajstić information content (AvgIpc) is 3.00. The molecule has 6 nitrogen and oxygen atoms in total. The van der Waals surface area contributed by atoms with Gasteiger partial charge in [-0.05, 0) is 12.8 Å². The Morgan fingerprint density at radius 2 is 2.00 bits per heavy atom. The van der Waals surface area contributed by atoms with Crippen molar-refractivity contribution in [1.82, 2.24) is 19.5 Å². The molecule has 0 unspecified atom stereocenters. The largest absolute Gasteiger partial charge is 0.365 e. The number of imidazole rings is 1. The number of aryl methyl sites for hydroxylation is 1. The molecule has 0 atom stereocenters. The van der Waals surface area contributed by atoms with Crippen molar-refractivity contribution in [2.24, 2.45) is 7.05 Å². The molecule has 19 heavy (non-hydrogen) atoms. The van der Waals surface area contributed by atoms with Crippen LogP contribution in [0.25, 0.3) is 11.2 Å². The van der Waals surface area contributed by atoms with Crippen molar-refractivity contribution >= 4 is 22.9 Å². The second-order valence-corrected chi connectivity index (χ2v) is 5.42. The summed E-state index contributed by atoms with van der Waals surface area (Å²) in [6.07, 6.45) is 6.83. The Labute approximate surface area is 112 Å².